The zero-order chi connectivity index (χ0) is 19.3. The molecule has 2 unspecified atom stereocenters. The molecule has 1 aliphatic rings. The average Bonchev–Trinajstić information content (AvgIpc) is 3.23. The molecular weight excluding hydrogens is 352 g/mol. The second kappa shape index (κ2) is 8.24. The molecule has 28 heavy (non-hydrogen) atoms. The van der Waals surface area contributed by atoms with Gasteiger partial charge in [0.1, 0.15) is 0 Å². The summed E-state index contributed by atoms with van der Waals surface area (Å²) in [7, 11) is 1.80. The van der Waals surface area contributed by atoms with Crippen LogP contribution in [0.1, 0.15) is 28.4 Å². The molecule has 4 rings (SSSR count). The summed E-state index contributed by atoms with van der Waals surface area (Å²) in [6.07, 6.45) is 7.45. The van der Waals surface area contributed by atoms with Crippen molar-refractivity contribution in [1.29, 1.82) is 0 Å². The van der Waals surface area contributed by atoms with E-state index in [1.165, 1.54) is 5.56 Å². The van der Waals surface area contributed by atoms with Crippen LogP contribution in [0.5, 0.6) is 0 Å². The van der Waals surface area contributed by atoms with Crippen LogP contribution in [0.25, 0.3) is 11.4 Å². The van der Waals surface area contributed by atoms with Gasteiger partial charge >= 0.3 is 0 Å². The number of amides is 1. The first-order valence-electron chi connectivity index (χ1n) is 9.24. The van der Waals surface area contributed by atoms with Gasteiger partial charge in [-0.1, -0.05) is 30.3 Å². The molecule has 3 aromatic rings. The van der Waals surface area contributed by atoms with Crippen LogP contribution in [0.3, 0.4) is 0 Å². The highest BCUT2D eigenvalue weighted by Crippen LogP contribution is 2.22. The van der Waals surface area contributed by atoms with Crippen molar-refractivity contribution in [3.05, 3.63) is 78.4 Å². The number of benzene rings is 1. The molecule has 7 nitrogen and oxygen atoms in total. The van der Waals surface area contributed by atoms with Crippen molar-refractivity contribution in [3.63, 3.8) is 0 Å². The number of hydrogen-bond donors (Lipinski definition) is 2. The lowest BCUT2D eigenvalue weighted by molar-refractivity contribution is 0.0782. The van der Waals surface area contributed by atoms with Gasteiger partial charge in [0.25, 0.3) is 5.91 Å². The van der Waals surface area contributed by atoms with Crippen LogP contribution in [0.4, 0.5) is 0 Å². The van der Waals surface area contributed by atoms with E-state index in [4.69, 9.17) is 0 Å². The van der Waals surface area contributed by atoms with E-state index in [1.54, 1.807) is 36.7 Å². The Morgan fingerprint density at radius 2 is 1.86 bits per heavy atom. The van der Waals surface area contributed by atoms with E-state index >= 15 is 0 Å². The van der Waals surface area contributed by atoms with E-state index in [1.807, 2.05) is 30.3 Å². The summed E-state index contributed by atoms with van der Waals surface area (Å²) in [6, 6.07) is 14.4. The van der Waals surface area contributed by atoms with Gasteiger partial charge in [0, 0.05) is 56.0 Å². The van der Waals surface area contributed by atoms with Crippen LogP contribution >= 0.6 is 0 Å². The molecule has 1 aliphatic heterocycles. The number of carbonyl (C=O) groups excluding carboxylic acids is 1. The number of hydrogen-bond acceptors (Lipinski definition) is 6. The Labute approximate surface area is 163 Å². The van der Waals surface area contributed by atoms with Crippen molar-refractivity contribution in [3.8, 4) is 11.4 Å². The first kappa shape index (κ1) is 18.2. The van der Waals surface area contributed by atoms with Crippen LogP contribution in [-0.2, 0) is 0 Å². The second-order valence-corrected chi connectivity index (χ2v) is 6.91. The Morgan fingerprint density at radius 3 is 2.57 bits per heavy atom. The molecule has 0 saturated carbocycles. The fraction of sp³-hybridized carbons (Fsp3) is 0.238. The van der Waals surface area contributed by atoms with Gasteiger partial charge in [-0.05, 0) is 24.1 Å². The maximum Gasteiger partial charge on any atom is 0.256 e. The lowest BCUT2D eigenvalue weighted by atomic mass is 10.0. The summed E-state index contributed by atoms with van der Waals surface area (Å²) in [4.78, 5) is 27.1. The molecule has 2 atom stereocenters. The van der Waals surface area contributed by atoms with Gasteiger partial charge in [0.05, 0.1) is 5.56 Å². The van der Waals surface area contributed by atoms with Crippen molar-refractivity contribution >= 4 is 5.91 Å². The third-order valence-corrected chi connectivity index (χ3v) is 4.84. The number of aromatic nitrogens is 3. The normalized spacial score (nSPS) is 18.8. The van der Waals surface area contributed by atoms with E-state index in [2.05, 4.69) is 37.9 Å². The molecule has 7 heteroatoms. The monoisotopic (exact) mass is 374 g/mol. The third kappa shape index (κ3) is 4.05. The summed E-state index contributed by atoms with van der Waals surface area (Å²) in [5.74, 6) is 0.461. The number of nitrogens with zero attached hydrogens (tertiary/aromatic N) is 4. The Morgan fingerprint density at radius 1 is 1.07 bits per heavy atom. The average molecular weight is 374 g/mol. The highest BCUT2D eigenvalue weighted by atomic mass is 16.2. The van der Waals surface area contributed by atoms with Crippen molar-refractivity contribution in [1.82, 2.24) is 30.7 Å². The highest BCUT2D eigenvalue weighted by Gasteiger charge is 2.27. The van der Waals surface area contributed by atoms with E-state index < -0.39 is 0 Å². The predicted octanol–water partition coefficient (Wildman–Crippen LogP) is 2.22. The topological polar surface area (TPSA) is 83.0 Å². The van der Waals surface area contributed by atoms with Crippen LogP contribution in [0.2, 0.25) is 0 Å². The van der Waals surface area contributed by atoms with Crippen LogP contribution in [0, 0.1) is 0 Å². The molecule has 1 fully saturated rings. The standard InChI is InChI=1S/C21H22N6O/c1-27(14-18-10-19(26-25-18)15-6-3-2-4-7-15)21(28)17-12-23-20(24-13-17)16-8-5-9-22-11-16/h2-9,11-13,18-19,25-26H,10,14H2,1H3. The fourth-order valence-electron chi connectivity index (χ4n) is 3.36. The minimum Gasteiger partial charge on any atom is -0.340 e. The maximum atomic E-state index is 12.7. The number of likely N-dealkylation sites (N-methyl/N-ethyl adjacent to an activating group) is 1. The Bertz CT molecular complexity index is 917. The molecular formula is C21H22N6O. The smallest absolute Gasteiger partial charge is 0.256 e. The van der Waals surface area contributed by atoms with Crippen LogP contribution in [0.15, 0.2) is 67.3 Å². The van der Waals surface area contributed by atoms with Crippen LogP contribution < -0.4 is 10.9 Å². The number of nitrogens with one attached hydrogen (secondary N) is 2. The van der Waals surface area contributed by atoms with E-state index in [-0.39, 0.29) is 18.0 Å². The van der Waals surface area contributed by atoms with Crippen molar-refractivity contribution < 1.29 is 4.79 Å². The molecule has 2 N–H and O–H groups in total. The zero-order valence-corrected chi connectivity index (χ0v) is 15.6. The van der Waals surface area contributed by atoms with Crippen LogP contribution in [-0.4, -0.2) is 45.4 Å². The van der Waals surface area contributed by atoms with Gasteiger partial charge in [-0.15, -0.1) is 0 Å². The summed E-state index contributed by atoms with van der Waals surface area (Å²) < 4.78 is 0. The quantitative estimate of drug-likeness (QED) is 0.713. The molecule has 0 spiro atoms. The zero-order valence-electron chi connectivity index (χ0n) is 15.6. The van der Waals surface area contributed by atoms with Gasteiger partial charge < -0.3 is 4.90 Å². The van der Waals surface area contributed by atoms with Crippen molar-refractivity contribution in [2.24, 2.45) is 0 Å². The number of hydrazine groups is 1. The van der Waals surface area contributed by atoms with Crippen molar-refractivity contribution in [2.75, 3.05) is 13.6 Å². The van der Waals surface area contributed by atoms with E-state index in [9.17, 15) is 4.79 Å². The lowest BCUT2D eigenvalue weighted by Crippen LogP contribution is -2.41. The molecule has 0 aliphatic carbocycles. The summed E-state index contributed by atoms with van der Waals surface area (Å²) in [6.45, 7) is 0.597. The largest absolute Gasteiger partial charge is 0.340 e. The molecule has 1 amide bonds. The summed E-state index contributed by atoms with van der Waals surface area (Å²) >= 11 is 0. The first-order valence-corrected chi connectivity index (χ1v) is 9.24. The Balaban J connectivity index is 1.36. The van der Waals surface area contributed by atoms with Crippen molar-refractivity contribution in [2.45, 2.75) is 18.5 Å². The molecule has 0 bridgehead atoms. The number of rotatable bonds is 5. The van der Waals surface area contributed by atoms with Gasteiger partial charge in [-0.25, -0.2) is 15.4 Å². The van der Waals surface area contributed by atoms with Gasteiger partial charge in [0.2, 0.25) is 0 Å². The van der Waals surface area contributed by atoms with E-state index in [0.29, 0.717) is 17.9 Å². The summed E-state index contributed by atoms with van der Waals surface area (Å²) in [5.41, 5.74) is 9.14. The molecule has 142 valence electrons. The first-order chi connectivity index (χ1) is 13.7. The maximum absolute atomic E-state index is 12.7. The fourth-order valence-corrected chi connectivity index (χ4v) is 3.36. The number of pyridine rings is 1. The lowest BCUT2D eigenvalue weighted by Gasteiger charge is -2.21. The van der Waals surface area contributed by atoms with Gasteiger partial charge in [-0.3, -0.25) is 15.2 Å². The molecule has 1 aromatic carbocycles. The Hall–Kier alpha value is -3.16. The van der Waals surface area contributed by atoms with Gasteiger partial charge in [0.15, 0.2) is 5.82 Å². The molecule has 1 saturated heterocycles. The third-order valence-electron chi connectivity index (χ3n) is 4.84. The Kier molecular flexibility index (Phi) is 5.36. The van der Waals surface area contributed by atoms with Gasteiger partial charge in [-0.2, -0.15) is 0 Å². The number of carbonyl (C=O) groups is 1. The minimum absolute atomic E-state index is 0.0947. The highest BCUT2D eigenvalue weighted by molar-refractivity contribution is 5.93. The predicted molar refractivity (Wildman–Crippen MR) is 106 cm³/mol. The van der Waals surface area contributed by atoms with E-state index in [0.717, 1.165) is 12.0 Å². The minimum atomic E-state index is -0.0947. The molecule has 3 heterocycles. The summed E-state index contributed by atoms with van der Waals surface area (Å²) in [5, 5.41) is 0. The second-order valence-electron chi connectivity index (χ2n) is 6.91. The molecule has 2 aromatic heterocycles. The SMILES string of the molecule is CN(CC1CC(c2ccccc2)NN1)C(=O)c1cnc(-c2cccnc2)nc1. The molecule has 0 radical (unpaired) electrons.